The molecular formula is C20H24N4O. The van der Waals surface area contributed by atoms with Crippen LogP contribution < -0.4 is 15.4 Å². The van der Waals surface area contributed by atoms with Gasteiger partial charge in [0.2, 0.25) is 0 Å². The van der Waals surface area contributed by atoms with Gasteiger partial charge >= 0.3 is 0 Å². The molecule has 0 radical (unpaired) electrons. The Kier molecular flexibility index (Phi) is 6.85. The highest BCUT2D eigenvalue weighted by atomic mass is 16.5. The van der Waals surface area contributed by atoms with Crippen molar-refractivity contribution in [2.75, 3.05) is 13.7 Å². The number of nitriles is 1. The summed E-state index contributed by atoms with van der Waals surface area (Å²) in [5, 5.41) is 15.4. The van der Waals surface area contributed by atoms with E-state index in [-0.39, 0.29) is 0 Å². The van der Waals surface area contributed by atoms with Crippen molar-refractivity contribution in [2.45, 2.75) is 26.9 Å². The molecule has 25 heavy (non-hydrogen) atoms. The monoisotopic (exact) mass is 336 g/mol. The summed E-state index contributed by atoms with van der Waals surface area (Å²) >= 11 is 0. The van der Waals surface area contributed by atoms with Crippen LogP contribution in [0.2, 0.25) is 0 Å². The van der Waals surface area contributed by atoms with Crippen molar-refractivity contribution in [3.8, 4) is 11.8 Å². The minimum atomic E-state index is 0.628. The molecule has 0 spiro atoms. The predicted molar refractivity (Wildman–Crippen MR) is 101 cm³/mol. The number of rotatable bonds is 6. The van der Waals surface area contributed by atoms with Crippen LogP contribution in [0.1, 0.15) is 29.2 Å². The minimum Gasteiger partial charge on any atom is -0.494 e. The van der Waals surface area contributed by atoms with E-state index in [1.165, 1.54) is 5.56 Å². The molecule has 0 aliphatic carbocycles. The first-order valence-corrected chi connectivity index (χ1v) is 8.32. The molecular weight excluding hydrogens is 312 g/mol. The third-order valence-electron chi connectivity index (χ3n) is 3.74. The highest BCUT2D eigenvalue weighted by Gasteiger charge is 2.05. The minimum absolute atomic E-state index is 0.628. The first kappa shape index (κ1) is 18.3. The van der Waals surface area contributed by atoms with Crippen molar-refractivity contribution >= 4 is 5.96 Å². The number of nitrogens with zero attached hydrogens (tertiary/aromatic N) is 2. The number of aryl methyl sites for hydroxylation is 1. The van der Waals surface area contributed by atoms with Crippen LogP contribution in [0.5, 0.6) is 5.75 Å². The molecule has 5 nitrogen and oxygen atoms in total. The standard InChI is InChI=1S/C20H24N4O/c1-4-25-19-11-15(2)5-10-18(19)14-24-20(22-3)23-13-17-8-6-16(12-21)7-9-17/h5-11H,4,13-14H2,1-3H3,(H2,22,23,24). The Morgan fingerprint density at radius 1 is 1.12 bits per heavy atom. The highest BCUT2D eigenvalue weighted by molar-refractivity contribution is 5.79. The maximum Gasteiger partial charge on any atom is 0.191 e. The predicted octanol–water partition coefficient (Wildman–Crippen LogP) is 3.13. The summed E-state index contributed by atoms with van der Waals surface area (Å²) in [7, 11) is 1.74. The van der Waals surface area contributed by atoms with Gasteiger partial charge in [0.1, 0.15) is 5.75 Å². The second-order valence-electron chi connectivity index (χ2n) is 5.63. The summed E-state index contributed by atoms with van der Waals surface area (Å²) in [6, 6.07) is 15.8. The number of nitrogens with one attached hydrogen (secondary N) is 2. The van der Waals surface area contributed by atoms with E-state index in [0.717, 1.165) is 16.9 Å². The topological polar surface area (TPSA) is 69.4 Å². The molecule has 5 heteroatoms. The van der Waals surface area contributed by atoms with Crippen LogP contribution in [0.25, 0.3) is 0 Å². The fourth-order valence-electron chi connectivity index (χ4n) is 2.38. The Morgan fingerprint density at radius 3 is 2.48 bits per heavy atom. The highest BCUT2D eigenvalue weighted by Crippen LogP contribution is 2.20. The molecule has 0 aliphatic heterocycles. The number of hydrogen-bond acceptors (Lipinski definition) is 3. The third kappa shape index (κ3) is 5.54. The van der Waals surface area contributed by atoms with Gasteiger partial charge in [0.05, 0.1) is 18.2 Å². The molecule has 0 atom stereocenters. The number of guanidine groups is 1. The number of ether oxygens (including phenoxy) is 1. The first-order valence-electron chi connectivity index (χ1n) is 8.32. The smallest absolute Gasteiger partial charge is 0.191 e. The average molecular weight is 336 g/mol. The molecule has 2 rings (SSSR count). The first-order chi connectivity index (χ1) is 12.2. The fourth-order valence-corrected chi connectivity index (χ4v) is 2.38. The van der Waals surface area contributed by atoms with Gasteiger partial charge in [0.25, 0.3) is 0 Å². The summed E-state index contributed by atoms with van der Waals surface area (Å²) in [5.74, 6) is 1.62. The Bertz CT molecular complexity index is 760. The van der Waals surface area contributed by atoms with Crippen molar-refractivity contribution in [2.24, 2.45) is 4.99 Å². The van der Waals surface area contributed by atoms with Crippen LogP contribution in [0.3, 0.4) is 0 Å². The SMILES string of the molecule is CCOc1cc(C)ccc1CNC(=NC)NCc1ccc(C#N)cc1. The van der Waals surface area contributed by atoms with E-state index >= 15 is 0 Å². The fraction of sp³-hybridized carbons (Fsp3) is 0.300. The van der Waals surface area contributed by atoms with Gasteiger partial charge in [-0.15, -0.1) is 0 Å². The van der Waals surface area contributed by atoms with E-state index in [9.17, 15) is 0 Å². The van der Waals surface area contributed by atoms with Crippen LogP contribution in [-0.2, 0) is 13.1 Å². The zero-order valence-electron chi connectivity index (χ0n) is 15.0. The lowest BCUT2D eigenvalue weighted by Gasteiger charge is -2.15. The summed E-state index contributed by atoms with van der Waals surface area (Å²) in [6.45, 7) is 5.94. The molecule has 2 aromatic carbocycles. The number of benzene rings is 2. The maximum atomic E-state index is 8.84. The quantitative estimate of drug-likeness (QED) is 0.628. The lowest BCUT2D eigenvalue weighted by molar-refractivity contribution is 0.336. The zero-order valence-corrected chi connectivity index (χ0v) is 15.0. The van der Waals surface area contributed by atoms with Crippen LogP contribution in [0.4, 0.5) is 0 Å². The second kappa shape index (κ2) is 9.33. The lowest BCUT2D eigenvalue weighted by Crippen LogP contribution is -2.36. The van der Waals surface area contributed by atoms with Crippen LogP contribution in [-0.4, -0.2) is 19.6 Å². The van der Waals surface area contributed by atoms with Gasteiger partial charge in [-0.05, 0) is 43.2 Å². The van der Waals surface area contributed by atoms with Crippen molar-refractivity contribution in [1.29, 1.82) is 5.26 Å². The van der Waals surface area contributed by atoms with Crippen LogP contribution >= 0.6 is 0 Å². The third-order valence-corrected chi connectivity index (χ3v) is 3.74. The van der Waals surface area contributed by atoms with E-state index in [1.807, 2.05) is 37.3 Å². The molecule has 0 fully saturated rings. The molecule has 2 N–H and O–H groups in total. The lowest BCUT2D eigenvalue weighted by atomic mass is 10.1. The van der Waals surface area contributed by atoms with Crippen molar-refractivity contribution in [3.05, 3.63) is 64.7 Å². The van der Waals surface area contributed by atoms with Crippen LogP contribution in [0.15, 0.2) is 47.5 Å². The zero-order chi connectivity index (χ0) is 18.1. The molecule has 0 unspecified atom stereocenters. The second-order valence-corrected chi connectivity index (χ2v) is 5.63. The average Bonchev–Trinajstić information content (AvgIpc) is 2.64. The molecule has 0 heterocycles. The van der Waals surface area contributed by atoms with Gasteiger partial charge in [0.15, 0.2) is 5.96 Å². The molecule has 130 valence electrons. The van der Waals surface area contributed by atoms with Gasteiger partial charge in [-0.2, -0.15) is 5.26 Å². The Morgan fingerprint density at radius 2 is 1.84 bits per heavy atom. The van der Waals surface area contributed by atoms with E-state index in [1.54, 1.807) is 7.05 Å². The Hall–Kier alpha value is -3.00. The molecule has 0 aliphatic rings. The van der Waals surface area contributed by atoms with Crippen LogP contribution in [0, 0.1) is 18.3 Å². The van der Waals surface area contributed by atoms with Gasteiger partial charge in [-0.25, -0.2) is 0 Å². The van der Waals surface area contributed by atoms with Crippen molar-refractivity contribution in [3.63, 3.8) is 0 Å². The largest absolute Gasteiger partial charge is 0.494 e. The Balaban J connectivity index is 1.93. The summed E-state index contributed by atoms with van der Waals surface area (Å²) < 4.78 is 5.71. The molecule has 0 saturated heterocycles. The normalized spacial score (nSPS) is 10.9. The van der Waals surface area contributed by atoms with Gasteiger partial charge < -0.3 is 15.4 Å². The van der Waals surface area contributed by atoms with E-state index in [0.29, 0.717) is 31.2 Å². The Labute approximate surface area is 149 Å². The van der Waals surface area contributed by atoms with Crippen molar-refractivity contribution in [1.82, 2.24) is 10.6 Å². The van der Waals surface area contributed by atoms with E-state index in [4.69, 9.17) is 10.00 Å². The van der Waals surface area contributed by atoms with Gasteiger partial charge in [-0.3, -0.25) is 4.99 Å². The van der Waals surface area contributed by atoms with Gasteiger partial charge in [-0.1, -0.05) is 24.3 Å². The van der Waals surface area contributed by atoms with E-state index in [2.05, 4.69) is 40.8 Å². The summed E-state index contributed by atoms with van der Waals surface area (Å²) in [5.41, 5.74) is 4.02. The molecule has 0 saturated carbocycles. The molecule has 0 bridgehead atoms. The van der Waals surface area contributed by atoms with E-state index < -0.39 is 0 Å². The van der Waals surface area contributed by atoms with Crippen molar-refractivity contribution < 1.29 is 4.74 Å². The number of hydrogen-bond donors (Lipinski definition) is 2. The van der Waals surface area contributed by atoms with Gasteiger partial charge in [0, 0.05) is 25.7 Å². The summed E-state index contributed by atoms with van der Waals surface area (Å²) in [6.07, 6.45) is 0. The molecule has 2 aromatic rings. The summed E-state index contributed by atoms with van der Waals surface area (Å²) in [4.78, 5) is 4.25. The number of aliphatic imine (C=N–C) groups is 1. The molecule has 0 amide bonds. The maximum absolute atomic E-state index is 8.84. The molecule has 0 aromatic heterocycles.